The first kappa shape index (κ1) is 18.1. The standard InChI is InChI=1S/C22H31N5O/c1-14(2)19-12-17(28-26-19)13-27-10-8-22(9-11-27)7-6-18-20(22)23-15(3)24-21(18)25-16-4-5-16/h12,14,16H,4-11,13H2,1-3H3,(H,23,24,25). The maximum atomic E-state index is 5.56. The predicted octanol–water partition coefficient (Wildman–Crippen LogP) is 3.95. The fraction of sp³-hybridized carbons (Fsp3) is 0.682. The van der Waals surface area contributed by atoms with Crippen LogP contribution in [0.15, 0.2) is 10.6 Å². The van der Waals surface area contributed by atoms with E-state index in [9.17, 15) is 0 Å². The number of anilines is 1. The Bertz CT molecular complexity index is 862. The van der Waals surface area contributed by atoms with Crippen LogP contribution in [0.5, 0.6) is 0 Å². The lowest BCUT2D eigenvalue weighted by Crippen LogP contribution is -2.41. The molecule has 2 aliphatic carbocycles. The van der Waals surface area contributed by atoms with E-state index in [1.165, 1.54) is 43.4 Å². The van der Waals surface area contributed by atoms with E-state index in [2.05, 4.69) is 35.3 Å². The average Bonchev–Trinajstić information content (AvgIpc) is 3.24. The second kappa shape index (κ2) is 6.83. The van der Waals surface area contributed by atoms with Crippen molar-refractivity contribution >= 4 is 5.82 Å². The van der Waals surface area contributed by atoms with Gasteiger partial charge in [-0.25, -0.2) is 9.97 Å². The van der Waals surface area contributed by atoms with Gasteiger partial charge in [-0.2, -0.15) is 0 Å². The molecule has 5 rings (SSSR count). The maximum Gasteiger partial charge on any atom is 0.150 e. The lowest BCUT2D eigenvalue weighted by molar-refractivity contribution is 0.138. The number of fused-ring (bicyclic) bond motifs is 2. The van der Waals surface area contributed by atoms with Gasteiger partial charge in [-0.3, -0.25) is 4.90 Å². The smallest absolute Gasteiger partial charge is 0.150 e. The van der Waals surface area contributed by atoms with E-state index in [-0.39, 0.29) is 5.41 Å². The summed E-state index contributed by atoms with van der Waals surface area (Å²) in [4.78, 5) is 12.2. The molecule has 6 nitrogen and oxygen atoms in total. The van der Waals surface area contributed by atoms with Crippen LogP contribution in [0, 0.1) is 6.92 Å². The average molecular weight is 382 g/mol. The highest BCUT2D eigenvalue weighted by Crippen LogP contribution is 2.47. The third kappa shape index (κ3) is 3.32. The molecule has 1 N–H and O–H groups in total. The lowest BCUT2D eigenvalue weighted by Gasteiger charge is -2.39. The summed E-state index contributed by atoms with van der Waals surface area (Å²) < 4.78 is 5.56. The molecule has 1 spiro atoms. The third-order valence-corrected chi connectivity index (χ3v) is 6.75. The highest BCUT2D eigenvalue weighted by molar-refractivity contribution is 5.53. The topological polar surface area (TPSA) is 67.1 Å². The Hall–Kier alpha value is -1.95. The second-order valence-electron chi connectivity index (χ2n) is 9.29. The van der Waals surface area contributed by atoms with Crippen LogP contribution in [0.4, 0.5) is 5.82 Å². The minimum Gasteiger partial charge on any atom is -0.367 e. The molecule has 3 aliphatic rings. The van der Waals surface area contributed by atoms with Crippen molar-refractivity contribution in [2.45, 2.75) is 83.2 Å². The number of nitrogens with zero attached hydrogens (tertiary/aromatic N) is 4. The molecule has 0 atom stereocenters. The van der Waals surface area contributed by atoms with E-state index < -0.39 is 0 Å². The van der Waals surface area contributed by atoms with Crippen molar-refractivity contribution in [1.29, 1.82) is 0 Å². The van der Waals surface area contributed by atoms with Gasteiger partial charge in [-0.05, 0) is 64.5 Å². The molecule has 0 radical (unpaired) electrons. The Morgan fingerprint density at radius 2 is 2.00 bits per heavy atom. The summed E-state index contributed by atoms with van der Waals surface area (Å²) >= 11 is 0. The predicted molar refractivity (Wildman–Crippen MR) is 109 cm³/mol. The number of likely N-dealkylation sites (tertiary alicyclic amines) is 1. The molecule has 2 aromatic heterocycles. The van der Waals surface area contributed by atoms with Crippen molar-refractivity contribution in [3.05, 3.63) is 34.6 Å². The van der Waals surface area contributed by atoms with Gasteiger partial charge in [-0.1, -0.05) is 19.0 Å². The van der Waals surface area contributed by atoms with Crippen molar-refractivity contribution in [2.24, 2.45) is 0 Å². The van der Waals surface area contributed by atoms with E-state index in [0.717, 1.165) is 49.2 Å². The summed E-state index contributed by atoms with van der Waals surface area (Å²) in [7, 11) is 0. The molecule has 150 valence electrons. The van der Waals surface area contributed by atoms with Crippen molar-refractivity contribution in [1.82, 2.24) is 20.0 Å². The van der Waals surface area contributed by atoms with Gasteiger partial charge in [0, 0.05) is 23.1 Å². The molecule has 28 heavy (non-hydrogen) atoms. The highest BCUT2D eigenvalue weighted by Gasteiger charge is 2.44. The molecule has 1 aliphatic heterocycles. The molecule has 0 aromatic carbocycles. The molecule has 2 aromatic rings. The van der Waals surface area contributed by atoms with Crippen molar-refractivity contribution < 1.29 is 4.52 Å². The number of aromatic nitrogens is 3. The highest BCUT2D eigenvalue weighted by atomic mass is 16.5. The summed E-state index contributed by atoms with van der Waals surface area (Å²) in [5.74, 6) is 3.43. The summed E-state index contributed by atoms with van der Waals surface area (Å²) in [6, 6.07) is 2.75. The summed E-state index contributed by atoms with van der Waals surface area (Å²) in [6.07, 6.45) is 7.23. The molecule has 6 heteroatoms. The zero-order valence-corrected chi connectivity index (χ0v) is 17.3. The minimum absolute atomic E-state index is 0.240. The molecule has 0 unspecified atom stereocenters. The van der Waals surface area contributed by atoms with Crippen LogP contribution in [0.1, 0.15) is 80.4 Å². The summed E-state index contributed by atoms with van der Waals surface area (Å²) in [5.41, 5.74) is 4.02. The van der Waals surface area contributed by atoms with E-state index >= 15 is 0 Å². The Morgan fingerprint density at radius 1 is 1.21 bits per heavy atom. The fourth-order valence-corrected chi connectivity index (χ4v) is 4.82. The number of hydrogen-bond donors (Lipinski definition) is 1. The largest absolute Gasteiger partial charge is 0.367 e. The number of nitrogens with one attached hydrogen (secondary N) is 1. The zero-order chi connectivity index (χ0) is 19.3. The van der Waals surface area contributed by atoms with Crippen molar-refractivity contribution in [2.75, 3.05) is 18.4 Å². The van der Waals surface area contributed by atoms with Gasteiger partial charge in [0.15, 0.2) is 5.76 Å². The van der Waals surface area contributed by atoms with Crippen molar-refractivity contribution in [3.8, 4) is 0 Å². The Kier molecular flexibility index (Phi) is 4.42. The quantitative estimate of drug-likeness (QED) is 0.846. The van der Waals surface area contributed by atoms with Crippen LogP contribution in [0.3, 0.4) is 0 Å². The zero-order valence-electron chi connectivity index (χ0n) is 17.3. The second-order valence-corrected chi connectivity index (χ2v) is 9.29. The molecule has 0 amide bonds. The molecular formula is C22H31N5O. The molecule has 1 saturated heterocycles. The van der Waals surface area contributed by atoms with Crippen LogP contribution >= 0.6 is 0 Å². The Balaban J connectivity index is 1.29. The van der Waals surface area contributed by atoms with Crippen LogP contribution in [0.2, 0.25) is 0 Å². The van der Waals surface area contributed by atoms with Gasteiger partial charge in [-0.15, -0.1) is 0 Å². The molecule has 3 heterocycles. The summed E-state index contributed by atoms with van der Waals surface area (Å²) in [5, 5.41) is 7.86. The monoisotopic (exact) mass is 381 g/mol. The van der Waals surface area contributed by atoms with Gasteiger partial charge in [0.25, 0.3) is 0 Å². The molecule has 1 saturated carbocycles. The van der Waals surface area contributed by atoms with Crippen LogP contribution in [-0.4, -0.2) is 39.2 Å². The Labute approximate surface area is 167 Å². The normalized spacial score (nSPS) is 21.4. The summed E-state index contributed by atoms with van der Waals surface area (Å²) in [6.45, 7) is 9.38. The van der Waals surface area contributed by atoms with Gasteiger partial charge in [0.2, 0.25) is 0 Å². The van der Waals surface area contributed by atoms with E-state index in [1.54, 1.807) is 0 Å². The number of rotatable bonds is 5. The van der Waals surface area contributed by atoms with Crippen LogP contribution in [0.25, 0.3) is 0 Å². The minimum atomic E-state index is 0.240. The lowest BCUT2D eigenvalue weighted by atomic mass is 9.76. The number of piperidine rings is 1. The first-order chi connectivity index (χ1) is 13.5. The van der Waals surface area contributed by atoms with Crippen molar-refractivity contribution in [3.63, 3.8) is 0 Å². The Morgan fingerprint density at radius 3 is 2.68 bits per heavy atom. The first-order valence-electron chi connectivity index (χ1n) is 10.8. The number of hydrogen-bond acceptors (Lipinski definition) is 6. The maximum absolute atomic E-state index is 5.56. The van der Waals surface area contributed by atoms with Gasteiger partial charge in [0.1, 0.15) is 11.6 Å². The molecule has 0 bridgehead atoms. The van der Waals surface area contributed by atoms with Gasteiger partial charge in [0.05, 0.1) is 17.9 Å². The van der Waals surface area contributed by atoms with E-state index in [0.29, 0.717) is 12.0 Å². The van der Waals surface area contributed by atoms with E-state index in [4.69, 9.17) is 14.5 Å². The van der Waals surface area contributed by atoms with Gasteiger partial charge >= 0.3 is 0 Å². The van der Waals surface area contributed by atoms with Crippen LogP contribution < -0.4 is 5.32 Å². The fourth-order valence-electron chi connectivity index (χ4n) is 4.82. The number of aryl methyl sites for hydroxylation is 1. The first-order valence-corrected chi connectivity index (χ1v) is 10.8. The van der Waals surface area contributed by atoms with Gasteiger partial charge < -0.3 is 9.84 Å². The van der Waals surface area contributed by atoms with Crippen LogP contribution in [-0.2, 0) is 18.4 Å². The van der Waals surface area contributed by atoms with E-state index in [1.807, 2.05) is 6.92 Å². The molecular weight excluding hydrogens is 350 g/mol. The third-order valence-electron chi connectivity index (χ3n) is 6.75. The SMILES string of the molecule is Cc1nc(NC2CC2)c2c(n1)C1(CC2)CCN(Cc2cc(C(C)C)no2)CC1. The molecule has 2 fully saturated rings.